The average Bonchev–Trinajstić information content (AvgIpc) is 2.68. The van der Waals surface area contributed by atoms with Crippen LogP contribution in [0.25, 0.3) is 0 Å². The summed E-state index contributed by atoms with van der Waals surface area (Å²) in [6, 6.07) is 3.64. The molecule has 0 N–H and O–H groups in total. The summed E-state index contributed by atoms with van der Waals surface area (Å²) in [5.41, 5.74) is -0.0136. The maximum Gasteiger partial charge on any atom is 0.137 e. The Labute approximate surface area is 98.1 Å². The molecule has 17 heavy (non-hydrogen) atoms. The van der Waals surface area contributed by atoms with Crippen LogP contribution in [0.4, 0.5) is 8.78 Å². The molecule has 5 heteroatoms. The highest BCUT2D eigenvalue weighted by molar-refractivity contribution is 5.26. The lowest BCUT2D eigenvalue weighted by Gasteiger charge is -2.25. The summed E-state index contributed by atoms with van der Waals surface area (Å²) in [5.74, 6) is -1.10. The van der Waals surface area contributed by atoms with Crippen molar-refractivity contribution < 1.29 is 8.78 Å². The number of benzene rings is 1. The summed E-state index contributed by atoms with van der Waals surface area (Å²) in [7, 11) is 0. The molecule has 0 aliphatic carbocycles. The Bertz CT molecular complexity index is 506. The van der Waals surface area contributed by atoms with E-state index in [2.05, 4.69) is 10.1 Å². The Hall–Kier alpha value is -1.78. The highest BCUT2D eigenvalue weighted by atomic mass is 19.1. The molecule has 0 saturated heterocycles. The molecule has 0 bridgehead atoms. The third-order valence-corrected chi connectivity index (χ3v) is 2.68. The predicted octanol–water partition coefficient (Wildman–Crippen LogP) is 2.53. The van der Waals surface area contributed by atoms with E-state index >= 15 is 0 Å². The molecule has 0 aliphatic heterocycles. The number of hydrogen-bond acceptors (Lipinski definition) is 2. The smallest absolute Gasteiger partial charge is 0.137 e. The van der Waals surface area contributed by atoms with Gasteiger partial charge in [0.2, 0.25) is 0 Å². The molecule has 0 spiro atoms. The lowest BCUT2D eigenvalue weighted by molar-refractivity contribution is 0.389. The summed E-state index contributed by atoms with van der Waals surface area (Å²) in [5, 5.41) is 3.98. The quantitative estimate of drug-likeness (QED) is 0.821. The predicted molar refractivity (Wildman–Crippen MR) is 59.4 cm³/mol. The molecule has 1 heterocycles. The maximum atomic E-state index is 13.7. The molecule has 1 aromatic heterocycles. The molecule has 2 rings (SSSR count). The third-order valence-electron chi connectivity index (χ3n) is 2.68. The minimum Gasteiger partial charge on any atom is -0.252 e. The number of halogens is 2. The van der Waals surface area contributed by atoms with Crippen LogP contribution in [0.15, 0.2) is 30.9 Å². The zero-order valence-corrected chi connectivity index (χ0v) is 9.69. The topological polar surface area (TPSA) is 30.7 Å². The number of nitrogens with zero attached hydrogens (tertiary/aromatic N) is 3. The summed E-state index contributed by atoms with van der Waals surface area (Å²) in [4.78, 5) is 3.83. The molecule has 0 aliphatic rings. The Morgan fingerprint density at radius 3 is 2.65 bits per heavy atom. The van der Waals surface area contributed by atoms with Gasteiger partial charge in [-0.1, -0.05) is 19.9 Å². The molecular formula is C12H13F2N3. The largest absolute Gasteiger partial charge is 0.252 e. The standard InChI is InChI=1S/C12H13F2N3/c1-12(2,6-17-8-15-7-16-17)10-4-3-9(13)5-11(10)14/h3-5,7-8H,6H2,1-2H3. The lowest BCUT2D eigenvalue weighted by atomic mass is 9.84. The normalized spacial score (nSPS) is 11.8. The van der Waals surface area contributed by atoms with Crippen molar-refractivity contribution in [2.75, 3.05) is 0 Å². The minimum atomic E-state index is -0.567. The van der Waals surface area contributed by atoms with Crippen LogP contribution in [0.2, 0.25) is 0 Å². The number of hydrogen-bond donors (Lipinski definition) is 0. The van der Waals surface area contributed by atoms with E-state index in [0.29, 0.717) is 12.1 Å². The molecule has 1 aromatic carbocycles. The van der Waals surface area contributed by atoms with Gasteiger partial charge in [0.1, 0.15) is 24.3 Å². The molecule has 0 saturated carbocycles. The van der Waals surface area contributed by atoms with Gasteiger partial charge >= 0.3 is 0 Å². The first kappa shape index (κ1) is 11.7. The molecule has 0 fully saturated rings. The number of rotatable bonds is 3. The van der Waals surface area contributed by atoms with Crippen LogP contribution in [0.3, 0.4) is 0 Å². The second kappa shape index (κ2) is 4.24. The van der Waals surface area contributed by atoms with Gasteiger partial charge in [-0.2, -0.15) is 5.10 Å². The van der Waals surface area contributed by atoms with Gasteiger partial charge in [0, 0.05) is 11.5 Å². The van der Waals surface area contributed by atoms with E-state index in [1.54, 1.807) is 11.0 Å². The summed E-state index contributed by atoms with van der Waals surface area (Å²) < 4.78 is 28.2. The van der Waals surface area contributed by atoms with Crippen molar-refractivity contribution in [1.82, 2.24) is 14.8 Å². The Morgan fingerprint density at radius 2 is 2.06 bits per heavy atom. The van der Waals surface area contributed by atoms with E-state index in [1.165, 1.54) is 18.5 Å². The van der Waals surface area contributed by atoms with Crippen LogP contribution in [-0.4, -0.2) is 14.8 Å². The molecule has 0 unspecified atom stereocenters. The lowest BCUT2D eigenvalue weighted by Crippen LogP contribution is -2.26. The fourth-order valence-corrected chi connectivity index (χ4v) is 1.84. The minimum absolute atomic E-state index is 0.467. The van der Waals surface area contributed by atoms with Crippen LogP contribution in [-0.2, 0) is 12.0 Å². The van der Waals surface area contributed by atoms with Crippen LogP contribution < -0.4 is 0 Å². The van der Waals surface area contributed by atoms with Crippen LogP contribution in [0.5, 0.6) is 0 Å². The summed E-state index contributed by atoms with van der Waals surface area (Å²) in [6.45, 7) is 4.24. The van der Waals surface area contributed by atoms with E-state index in [9.17, 15) is 8.78 Å². The van der Waals surface area contributed by atoms with Gasteiger partial charge in [-0.05, 0) is 11.6 Å². The van der Waals surface area contributed by atoms with E-state index < -0.39 is 17.0 Å². The van der Waals surface area contributed by atoms with Gasteiger partial charge in [-0.3, -0.25) is 4.68 Å². The van der Waals surface area contributed by atoms with E-state index in [-0.39, 0.29) is 0 Å². The fraction of sp³-hybridized carbons (Fsp3) is 0.333. The first-order valence-electron chi connectivity index (χ1n) is 5.27. The molecule has 3 nitrogen and oxygen atoms in total. The van der Waals surface area contributed by atoms with Gasteiger partial charge in [0.25, 0.3) is 0 Å². The maximum absolute atomic E-state index is 13.7. The SMILES string of the molecule is CC(C)(Cn1cncn1)c1ccc(F)cc1F. The van der Waals surface area contributed by atoms with Crippen molar-refractivity contribution in [3.63, 3.8) is 0 Å². The van der Waals surface area contributed by atoms with Gasteiger partial charge in [-0.15, -0.1) is 0 Å². The first-order valence-corrected chi connectivity index (χ1v) is 5.27. The zero-order chi connectivity index (χ0) is 12.5. The molecular weight excluding hydrogens is 224 g/mol. The molecule has 2 aromatic rings. The van der Waals surface area contributed by atoms with E-state index in [0.717, 1.165) is 6.07 Å². The average molecular weight is 237 g/mol. The molecule has 0 amide bonds. The highest BCUT2D eigenvalue weighted by Gasteiger charge is 2.25. The van der Waals surface area contributed by atoms with Crippen LogP contribution >= 0.6 is 0 Å². The second-order valence-electron chi connectivity index (χ2n) is 4.60. The summed E-state index contributed by atoms with van der Waals surface area (Å²) in [6.07, 6.45) is 3.00. The first-order chi connectivity index (χ1) is 7.99. The Balaban J connectivity index is 2.30. The third kappa shape index (κ3) is 2.49. The van der Waals surface area contributed by atoms with Crippen molar-refractivity contribution in [3.8, 4) is 0 Å². The monoisotopic (exact) mass is 237 g/mol. The Morgan fingerprint density at radius 1 is 1.29 bits per heavy atom. The van der Waals surface area contributed by atoms with Gasteiger partial charge in [-0.25, -0.2) is 13.8 Å². The highest BCUT2D eigenvalue weighted by Crippen LogP contribution is 2.27. The molecule has 0 radical (unpaired) electrons. The van der Waals surface area contributed by atoms with Gasteiger partial charge in [0.05, 0.1) is 6.54 Å². The van der Waals surface area contributed by atoms with Crippen LogP contribution in [0, 0.1) is 11.6 Å². The molecule has 0 atom stereocenters. The van der Waals surface area contributed by atoms with Crippen molar-refractivity contribution >= 4 is 0 Å². The fourth-order valence-electron chi connectivity index (χ4n) is 1.84. The van der Waals surface area contributed by atoms with E-state index in [4.69, 9.17) is 0 Å². The van der Waals surface area contributed by atoms with Crippen molar-refractivity contribution in [2.45, 2.75) is 25.8 Å². The van der Waals surface area contributed by atoms with Crippen molar-refractivity contribution in [2.24, 2.45) is 0 Å². The van der Waals surface area contributed by atoms with Crippen molar-refractivity contribution in [3.05, 3.63) is 48.1 Å². The number of aromatic nitrogens is 3. The van der Waals surface area contributed by atoms with E-state index in [1.807, 2.05) is 13.8 Å². The van der Waals surface area contributed by atoms with Gasteiger partial charge in [0.15, 0.2) is 0 Å². The molecule has 90 valence electrons. The summed E-state index contributed by atoms with van der Waals surface area (Å²) >= 11 is 0. The Kier molecular flexibility index (Phi) is 2.92. The van der Waals surface area contributed by atoms with Crippen LogP contribution in [0.1, 0.15) is 19.4 Å². The second-order valence-corrected chi connectivity index (χ2v) is 4.60. The zero-order valence-electron chi connectivity index (χ0n) is 9.69. The van der Waals surface area contributed by atoms with Crippen molar-refractivity contribution in [1.29, 1.82) is 0 Å². The van der Waals surface area contributed by atoms with Gasteiger partial charge < -0.3 is 0 Å².